The Morgan fingerprint density at radius 3 is 1.77 bits per heavy atom. The largest absolute Gasteiger partial charge is 0.298 e. The van der Waals surface area contributed by atoms with Gasteiger partial charge >= 0.3 is 0 Å². The molecule has 4 aliphatic carbocycles. The molecule has 4 rings (SSSR count). The molecule has 2 heteroatoms. The molecule has 2 spiro atoms. The smallest absolute Gasteiger partial charge is 0.151 e. The summed E-state index contributed by atoms with van der Waals surface area (Å²) in [4.78, 5) is 13.4. The van der Waals surface area contributed by atoms with Crippen LogP contribution in [0.1, 0.15) is 136 Å². The van der Waals surface area contributed by atoms with Gasteiger partial charge in [-0.2, -0.15) is 0 Å². The van der Waals surface area contributed by atoms with E-state index in [0.29, 0.717) is 5.78 Å². The summed E-state index contributed by atoms with van der Waals surface area (Å²) in [5.74, 6) is 3.69. The lowest BCUT2D eigenvalue weighted by atomic mass is 9.41. The Bertz CT molecular complexity index is 574. The van der Waals surface area contributed by atoms with Gasteiger partial charge in [-0.05, 0) is 87.9 Å². The van der Waals surface area contributed by atoms with Crippen molar-refractivity contribution < 1.29 is 9.18 Å². The highest BCUT2D eigenvalue weighted by molar-refractivity contribution is 5.98. The zero-order valence-electron chi connectivity index (χ0n) is 20.6. The highest BCUT2D eigenvalue weighted by atomic mass is 19.1. The minimum atomic E-state index is -0.838. The number of halogens is 1. The van der Waals surface area contributed by atoms with Crippen LogP contribution in [0.5, 0.6) is 0 Å². The first kappa shape index (κ1) is 23.7. The van der Waals surface area contributed by atoms with Gasteiger partial charge in [0.25, 0.3) is 0 Å². The Morgan fingerprint density at radius 2 is 1.23 bits per heavy atom. The Labute approximate surface area is 191 Å². The lowest BCUT2D eigenvalue weighted by Crippen LogP contribution is -2.69. The van der Waals surface area contributed by atoms with Gasteiger partial charge in [-0.15, -0.1) is 0 Å². The monoisotopic (exact) mass is 432 g/mol. The van der Waals surface area contributed by atoms with E-state index in [9.17, 15) is 4.79 Å². The van der Waals surface area contributed by atoms with Crippen molar-refractivity contribution in [2.45, 2.75) is 142 Å². The van der Waals surface area contributed by atoms with Gasteiger partial charge in [0.05, 0.1) is 10.8 Å². The molecule has 0 saturated heterocycles. The zero-order valence-corrected chi connectivity index (χ0v) is 20.6. The van der Waals surface area contributed by atoms with Crippen LogP contribution in [0.2, 0.25) is 0 Å². The summed E-state index contributed by atoms with van der Waals surface area (Å²) >= 11 is 0. The molecule has 178 valence electrons. The molecule has 0 N–H and O–H groups in total. The quantitative estimate of drug-likeness (QED) is 0.350. The third kappa shape index (κ3) is 4.52. The first-order chi connectivity index (χ1) is 15.1. The summed E-state index contributed by atoms with van der Waals surface area (Å²) in [6.07, 6.45) is 22.1. The molecular weight excluding hydrogens is 383 g/mol. The molecule has 1 nitrogen and oxygen atoms in total. The molecule has 31 heavy (non-hydrogen) atoms. The van der Waals surface area contributed by atoms with E-state index in [1.807, 2.05) is 0 Å². The molecule has 0 aromatic heterocycles. The maximum absolute atomic E-state index is 15.7. The van der Waals surface area contributed by atoms with Crippen LogP contribution in [-0.2, 0) is 4.79 Å². The minimum absolute atomic E-state index is 0.358. The minimum Gasteiger partial charge on any atom is -0.298 e. The normalized spacial score (nSPS) is 43.3. The molecule has 0 heterocycles. The van der Waals surface area contributed by atoms with Crippen LogP contribution in [0.15, 0.2) is 0 Å². The van der Waals surface area contributed by atoms with E-state index in [1.54, 1.807) is 0 Å². The summed E-state index contributed by atoms with van der Waals surface area (Å²) in [6.45, 7) is 4.53. The average Bonchev–Trinajstić information content (AvgIpc) is 2.82. The van der Waals surface area contributed by atoms with Gasteiger partial charge in [-0.25, -0.2) is 4.39 Å². The lowest BCUT2D eigenvalue weighted by Gasteiger charge is -2.61. The number of carbonyl (C=O) groups excluding carboxylic acids is 1. The predicted octanol–water partition coefficient (Wildman–Crippen LogP) is 8.84. The van der Waals surface area contributed by atoms with Crippen LogP contribution >= 0.6 is 0 Å². The van der Waals surface area contributed by atoms with Crippen molar-refractivity contribution in [1.29, 1.82) is 0 Å². The number of hydrogen-bond donors (Lipinski definition) is 0. The second-order valence-electron chi connectivity index (χ2n) is 12.2. The highest BCUT2D eigenvalue weighted by Crippen LogP contribution is 2.66. The molecule has 4 fully saturated rings. The van der Waals surface area contributed by atoms with E-state index in [1.165, 1.54) is 70.6 Å². The highest BCUT2D eigenvalue weighted by Gasteiger charge is 2.71. The fraction of sp³-hybridized carbons (Fsp3) is 0.966. The van der Waals surface area contributed by atoms with E-state index >= 15 is 4.39 Å². The molecular formula is C29H49FO. The summed E-state index contributed by atoms with van der Waals surface area (Å²) in [6, 6.07) is 0. The van der Waals surface area contributed by atoms with Gasteiger partial charge in [0.2, 0.25) is 0 Å². The first-order valence-corrected chi connectivity index (χ1v) is 14.2. The topological polar surface area (TPSA) is 17.1 Å². The zero-order chi connectivity index (χ0) is 21.9. The molecule has 0 unspecified atom stereocenters. The van der Waals surface area contributed by atoms with E-state index in [0.717, 1.165) is 75.0 Å². The molecule has 0 aromatic carbocycles. The van der Waals surface area contributed by atoms with Crippen molar-refractivity contribution in [3.8, 4) is 0 Å². The molecule has 0 radical (unpaired) electrons. The SMILES string of the molecule is CCCCCCC1CCC(C2CC[C@]3(CC2)C(=O)[C@@]2(CCC(CCC)CC2)[C@H]3F)CC1. The van der Waals surface area contributed by atoms with Gasteiger partial charge in [-0.1, -0.05) is 71.6 Å². The molecule has 4 saturated carbocycles. The fourth-order valence-electron chi connectivity index (χ4n) is 8.46. The predicted molar refractivity (Wildman–Crippen MR) is 128 cm³/mol. The van der Waals surface area contributed by atoms with Crippen LogP contribution in [0.4, 0.5) is 4.39 Å². The summed E-state index contributed by atoms with van der Waals surface area (Å²) < 4.78 is 15.7. The second-order valence-corrected chi connectivity index (χ2v) is 12.2. The summed E-state index contributed by atoms with van der Waals surface area (Å²) in [5, 5.41) is 0. The number of Topliss-reactive ketones (excluding diaryl/α,β-unsaturated/α-hetero) is 1. The summed E-state index contributed by atoms with van der Waals surface area (Å²) in [5.41, 5.74) is -1.13. The van der Waals surface area contributed by atoms with Crippen molar-refractivity contribution in [3.63, 3.8) is 0 Å². The lowest BCUT2D eigenvalue weighted by molar-refractivity contribution is -0.194. The van der Waals surface area contributed by atoms with E-state index < -0.39 is 17.0 Å². The second kappa shape index (κ2) is 10.3. The Hall–Kier alpha value is -0.400. The van der Waals surface area contributed by atoms with Gasteiger partial charge in [-0.3, -0.25) is 4.79 Å². The van der Waals surface area contributed by atoms with Gasteiger partial charge in [0, 0.05) is 0 Å². The standard InChI is InChI=1S/C29H49FO/c1-3-5-6-7-9-23-10-12-24(13-11-23)25-16-20-29(21-17-25)26(30)28(27(29)31)18-14-22(8-4-2)15-19-28/h22-26H,3-21H2,1-2H3/t22?,23?,24?,25?,26-,28-,29-/m1/s1. The molecule has 0 bridgehead atoms. The van der Waals surface area contributed by atoms with E-state index in [2.05, 4.69) is 13.8 Å². The van der Waals surface area contributed by atoms with E-state index in [-0.39, 0.29) is 0 Å². The number of rotatable bonds is 8. The van der Waals surface area contributed by atoms with Gasteiger partial charge in [0.1, 0.15) is 6.17 Å². The number of hydrogen-bond acceptors (Lipinski definition) is 1. The van der Waals surface area contributed by atoms with Crippen LogP contribution in [0, 0.1) is 34.5 Å². The first-order valence-electron chi connectivity index (χ1n) is 14.2. The Morgan fingerprint density at radius 1 is 0.677 bits per heavy atom. The maximum Gasteiger partial charge on any atom is 0.151 e. The Balaban J connectivity index is 1.22. The summed E-state index contributed by atoms with van der Waals surface area (Å²) in [7, 11) is 0. The number of carbonyl (C=O) groups is 1. The third-order valence-electron chi connectivity index (χ3n) is 10.5. The van der Waals surface area contributed by atoms with Gasteiger partial charge < -0.3 is 0 Å². The van der Waals surface area contributed by atoms with Crippen molar-refractivity contribution in [2.24, 2.45) is 34.5 Å². The number of alkyl halides is 1. The van der Waals surface area contributed by atoms with Gasteiger partial charge in [0.15, 0.2) is 5.78 Å². The molecule has 1 atom stereocenters. The van der Waals surface area contributed by atoms with Crippen LogP contribution in [-0.4, -0.2) is 12.0 Å². The van der Waals surface area contributed by atoms with Crippen molar-refractivity contribution in [1.82, 2.24) is 0 Å². The maximum atomic E-state index is 15.7. The Kier molecular flexibility index (Phi) is 7.85. The molecule has 0 aromatic rings. The van der Waals surface area contributed by atoms with Crippen molar-refractivity contribution in [2.75, 3.05) is 0 Å². The number of unbranched alkanes of at least 4 members (excludes halogenated alkanes) is 3. The average molecular weight is 433 g/mol. The molecule has 0 amide bonds. The fourth-order valence-corrected chi connectivity index (χ4v) is 8.46. The third-order valence-corrected chi connectivity index (χ3v) is 10.5. The van der Waals surface area contributed by atoms with Crippen LogP contribution in [0.3, 0.4) is 0 Å². The van der Waals surface area contributed by atoms with E-state index in [4.69, 9.17) is 0 Å². The molecule has 0 aliphatic heterocycles. The van der Waals surface area contributed by atoms with Crippen molar-refractivity contribution >= 4 is 5.78 Å². The number of ketones is 1. The van der Waals surface area contributed by atoms with Crippen molar-refractivity contribution in [3.05, 3.63) is 0 Å². The molecule has 4 aliphatic rings. The van der Waals surface area contributed by atoms with Crippen LogP contribution < -0.4 is 0 Å². The van der Waals surface area contributed by atoms with Crippen LogP contribution in [0.25, 0.3) is 0 Å².